The molecule has 0 rings (SSSR count). The predicted molar refractivity (Wildman–Crippen MR) is 40.9 cm³/mol. The summed E-state index contributed by atoms with van der Waals surface area (Å²) in [4.78, 5) is 1.86. The van der Waals surface area contributed by atoms with Crippen molar-refractivity contribution in [3.63, 3.8) is 0 Å². The van der Waals surface area contributed by atoms with E-state index in [-0.39, 0.29) is 0 Å². The van der Waals surface area contributed by atoms with Crippen LogP contribution in [0.25, 0.3) is 0 Å². The summed E-state index contributed by atoms with van der Waals surface area (Å²) in [5, 5.41) is 7.37. The number of amidine groups is 1. The van der Waals surface area contributed by atoms with E-state index >= 15 is 0 Å². The molecule has 0 aliphatic carbocycles. The lowest BCUT2D eigenvalue weighted by molar-refractivity contribution is 0.589. The first kappa shape index (κ1) is 8.47. The molecule has 0 saturated heterocycles. The molecule has 0 bridgehead atoms. The van der Waals surface area contributed by atoms with Gasteiger partial charge in [0.1, 0.15) is 0 Å². The van der Waals surface area contributed by atoms with Gasteiger partial charge in [-0.05, 0) is 6.42 Å². The second-order valence-corrected chi connectivity index (χ2v) is 2.44. The summed E-state index contributed by atoms with van der Waals surface area (Å²) in [5.74, 6) is 0.733. The molecule has 0 radical (unpaired) electrons. The summed E-state index contributed by atoms with van der Waals surface area (Å²) >= 11 is 0. The highest BCUT2D eigenvalue weighted by Gasteiger charge is 1.95. The Kier molecular flexibility index (Phi) is 4.10. The van der Waals surface area contributed by atoms with Crippen molar-refractivity contribution in [1.29, 1.82) is 5.41 Å². The van der Waals surface area contributed by atoms with Gasteiger partial charge in [-0.1, -0.05) is 13.3 Å². The Morgan fingerprint density at radius 1 is 1.44 bits per heavy atom. The van der Waals surface area contributed by atoms with Crippen LogP contribution in [0.4, 0.5) is 0 Å². The lowest BCUT2D eigenvalue weighted by Gasteiger charge is -2.12. The highest BCUT2D eigenvalue weighted by atomic mass is 15.1. The van der Waals surface area contributed by atoms with Gasteiger partial charge in [-0.2, -0.15) is 0 Å². The quantitative estimate of drug-likeness (QED) is 0.454. The van der Waals surface area contributed by atoms with Crippen molar-refractivity contribution in [3.8, 4) is 0 Å². The molecule has 0 aliphatic rings. The van der Waals surface area contributed by atoms with Crippen molar-refractivity contribution in [3.05, 3.63) is 0 Å². The van der Waals surface area contributed by atoms with Crippen LogP contribution in [0.1, 0.15) is 26.2 Å². The minimum atomic E-state index is 0.733. The molecule has 0 aromatic heterocycles. The maximum absolute atomic E-state index is 7.37. The molecule has 54 valence electrons. The fraction of sp³-hybridized carbons (Fsp3) is 0.857. The summed E-state index contributed by atoms with van der Waals surface area (Å²) in [6.07, 6.45) is 3.23. The first-order valence-electron chi connectivity index (χ1n) is 3.43. The van der Waals surface area contributed by atoms with E-state index in [1.165, 1.54) is 6.42 Å². The van der Waals surface area contributed by atoms with Gasteiger partial charge >= 0.3 is 0 Å². The first-order valence-corrected chi connectivity index (χ1v) is 3.43. The zero-order valence-electron chi connectivity index (χ0n) is 6.57. The van der Waals surface area contributed by atoms with E-state index in [0.717, 1.165) is 18.7 Å². The minimum absolute atomic E-state index is 0.733. The zero-order valence-corrected chi connectivity index (χ0v) is 6.57. The van der Waals surface area contributed by atoms with Gasteiger partial charge in [-0.25, -0.2) is 0 Å². The van der Waals surface area contributed by atoms with Crippen molar-refractivity contribution in [2.45, 2.75) is 26.2 Å². The number of nitrogens with one attached hydrogen (secondary N) is 1. The largest absolute Gasteiger partial charge is 0.367 e. The van der Waals surface area contributed by atoms with E-state index in [2.05, 4.69) is 6.92 Å². The molecular formula is C7H16N2. The molecule has 0 saturated carbocycles. The Bertz CT molecular complexity index is 86.9. The molecule has 0 spiro atoms. The Labute approximate surface area is 57.4 Å². The number of rotatable bonds is 3. The van der Waals surface area contributed by atoms with E-state index in [9.17, 15) is 0 Å². The van der Waals surface area contributed by atoms with Crippen molar-refractivity contribution in [2.75, 3.05) is 14.1 Å². The third-order valence-corrected chi connectivity index (χ3v) is 1.31. The van der Waals surface area contributed by atoms with Gasteiger partial charge in [-0.3, -0.25) is 5.41 Å². The number of hydrogen-bond acceptors (Lipinski definition) is 1. The number of unbranched alkanes of at least 4 members (excludes halogenated alkanes) is 1. The summed E-state index contributed by atoms with van der Waals surface area (Å²) in [5.41, 5.74) is 0. The molecule has 0 aliphatic heterocycles. The Balaban J connectivity index is 3.28. The Morgan fingerprint density at radius 2 is 2.00 bits per heavy atom. The molecule has 0 unspecified atom stereocenters. The van der Waals surface area contributed by atoms with Crippen LogP contribution in [-0.4, -0.2) is 24.8 Å². The molecule has 0 aromatic rings. The van der Waals surface area contributed by atoms with E-state index in [4.69, 9.17) is 5.41 Å². The van der Waals surface area contributed by atoms with Crippen molar-refractivity contribution >= 4 is 5.84 Å². The summed E-state index contributed by atoms with van der Waals surface area (Å²) < 4.78 is 0. The molecule has 0 amide bonds. The average molecular weight is 128 g/mol. The molecule has 0 aromatic carbocycles. The predicted octanol–water partition coefficient (Wildman–Crippen LogP) is 1.72. The first-order chi connectivity index (χ1) is 4.18. The third kappa shape index (κ3) is 4.01. The fourth-order valence-corrected chi connectivity index (χ4v) is 0.568. The maximum Gasteiger partial charge on any atom is 0.0952 e. The van der Waals surface area contributed by atoms with Crippen LogP contribution in [0.5, 0.6) is 0 Å². The van der Waals surface area contributed by atoms with Crippen molar-refractivity contribution in [2.24, 2.45) is 0 Å². The molecule has 0 fully saturated rings. The molecule has 2 nitrogen and oxygen atoms in total. The monoisotopic (exact) mass is 128 g/mol. The van der Waals surface area contributed by atoms with Crippen LogP contribution in [-0.2, 0) is 0 Å². The minimum Gasteiger partial charge on any atom is -0.367 e. The molecule has 9 heavy (non-hydrogen) atoms. The fourth-order valence-electron chi connectivity index (χ4n) is 0.568. The normalized spacial score (nSPS) is 9.22. The SMILES string of the molecule is CCCCC(=N)N(C)C. The van der Waals surface area contributed by atoms with Gasteiger partial charge in [0.05, 0.1) is 5.84 Å². The van der Waals surface area contributed by atoms with Gasteiger partial charge in [0, 0.05) is 20.5 Å². The van der Waals surface area contributed by atoms with E-state index < -0.39 is 0 Å². The van der Waals surface area contributed by atoms with Crippen molar-refractivity contribution in [1.82, 2.24) is 4.90 Å². The van der Waals surface area contributed by atoms with Crippen LogP contribution < -0.4 is 0 Å². The number of hydrogen-bond donors (Lipinski definition) is 1. The second-order valence-electron chi connectivity index (χ2n) is 2.44. The molecule has 0 heterocycles. The van der Waals surface area contributed by atoms with Crippen LogP contribution in [0.2, 0.25) is 0 Å². The zero-order chi connectivity index (χ0) is 7.28. The third-order valence-electron chi connectivity index (χ3n) is 1.31. The molecule has 2 heteroatoms. The van der Waals surface area contributed by atoms with Crippen LogP contribution in [0.3, 0.4) is 0 Å². The van der Waals surface area contributed by atoms with E-state index in [1.54, 1.807) is 0 Å². The summed E-state index contributed by atoms with van der Waals surface area (Å²) in [6, 6.07) is 0. The van der Waals surface area contributed by atoms with Crippen LogP contribution in [0, 0.1) is 5.41 Å². The summed E-state index contributed by atoms with van der Waals surface area (Å²) in [6.45, 7) is 2.14. The van der Waals surface area contributed by atoms with Crippen LogP contribution >= 0.6 is 0 Å². The highest BCUT2D eigenvalue weighted by molar-refractivity contribution is 5.78. The van der Waals surface area contributed by atoms with Gasteiger partial charge in [0.2, 0.25) is 0 Å². The highest BCUT2D eigenvalue weighted by Crippen LogP contribution is 1.96. The van der Waals surface area contributed by atoms with Crippen LogP contribution in [0.15, 0.2) is 0 Å². The van der Waals surface area contributed by atoms with Gasteiger partial charge in [0.25, 0.3) is 0 Å². The lowest BCUT2D eigenvalue weighted by Crippen LogP contribution is -2.20. The van der Waals surface area contributed by atoms with Gasteiger partial charge in [0.15, 0.2) is 0 Å². The topological polar surface area (TPSA) is 27.1 Å². The molecule has 0 atom stereocenters. The van der Waals surface area contributed by atoms with E-state index in [1.807, 2.05) is 19.0 Å². The average Bonchev–Trinajstić information content (AvgIpc) is 1.82. The maximum atomic E-state index is 7.37. The molecule has 1 N–H and O–H groups in total. The smallest absolute Gasteiger partial charge is 0.0952 e. The van der Waals surface area contributed by atoms with Gasteiger partial charge < -0.3 is 4.90 Å². The summed E-state index contributed by atoms with van der Waals surface area (Å²) in [7, 11) is 3.83. The van der Waals surface area contributed by atoms with Crippen molar-refractivity contribution < 1.29 is 0 Å². The Morgan fingerprint density at radius 3 is 2.33 bits per heavy atom. The second kappa shape index (κ2) is 4.36. The van der Waals surface area contributed by atoms with Gasteiger partial charge in [-0.15, -0.1) is 0 Å². The number of nitrogens with zero attached hydrogens (tertiary/aromatic N) is 1. The Hall–Kier alpha value is -0.530. The lowest BCUT2D eigenvalue weighted by atomic mass is 10.2. The molecular weight excluding hydrogens is 112 g/mol. The van der Waals surface area contributed by atoms with E-state index in [0.29, 0.717) is 0 Å². The standard InChI is InChI=1S/C7H16N2/c1-4-5-6-7(8)9(2)3/h8H,4-6H2,1-3H3.